The molecule has 0 fully saturated rings. The first-order valence-corrected chi connectivity index (χ1v) is 9.73. The first kappa shape index (κ1) is 17.4. The second-order valence-electron chi connectivity index (χ2n) is 10.2. The first-order valence-electron chi connectivity index (χ1n) is 9.73. The topological polar surface area (TPSA) is 4.93 Å². The Labute approximate surface area is 158 Å². The van der Waals surface area contributed by atoms with E-state index in [4.69, 9.17) is 0 Å². The fourth-order valence-corrected chi connectivity index (χ4v) is 4.56. The third kappa shape index (κ3) is 2.44. The maximum absolute atomic E-state index is 2.58. The lowest BCUT2D eigenvalue weighted by Gasteiger charge is -2.40. The molecule has 0 aliphatic heterocycles. The monoisotopic (exact) mass is 345 g/mol. The molecular formula is C25H31N. The summed E-state index contributed by atoms with van der Waals surface area (Å²) in [5, 5.41) is 0. The summed E-state index contributed by atoms with van der Waals surface area (Å²) in [5.74, 6) is 0. The van der Waals surface area contributed by atoms with Gasteiger partial charge in [0.05, 0.1) is 0 Å². The van der Waals surface area contributed by atoms with E-state index in [9.17, 15) is 0 Å². The first-order chi connectivity index (χ1) is 12.0. The molecule has 0 N–H and O–H groups in total. The maximum Gasteiger partial charge on any atom is 0.0452 e. The van der Waals surface area contributed by atoms with Crippen LogP contribution in [0.15, 0.2) is 60.0 Å². The highest BCUT2D eigenvalue weighted by atomic mass is 14.9. The second kappa shape index (κ2) is 5.25. The number of benzene rings is 1. The van der Waals surface area contributed by atoms with Gasteiger partial charge in [-0.15, -0.1) is 0 Å². The Bertz CT molecular complexity index is 937. The maximum atomic E-state index is 2.58. The molecule has 1 spiro atoms. The fraction of sp³-hybridized carbons (Fsp3) is 0.440. The van der Waals surface area contributed by atoms with E-state index >= 15 is 0 Å². The molecule has 0 bridgehead atoms. The van der Waals surface area contributed by atoms with Crippen LogP contribution >= 0.6 is 0 Å². The molecule has 1 aromatic carbocycles. The zero-order valence-corrected chi connectivity index (χ0v) is 17.3. The summed E-state index contributed by atoms with van der Waals surface area (Å²) in [7, 11) is 2.15. The van der Waals surface area contributed by atoms with Crippen LogP contribution in [0.5, 0.6) is 0 Å². The zero-order chi connectivity index (χ0) is 18.9. The molecule has 136 valence electrons. The highest BCUT2D eigenvalue weighted by molar-refractivity contribution is 5.83. The molecule has 2 aliphatic carbocycles. The van der Waals surface area contributed by atoms with E-state index in [1.807, 2.05) is 0 Å². The Morgan fingerprint density at radius 3 is 2.19 bits per heavy atom. The van der Waals surface area contributed by atoms with Crippen molar-refractivity contribution in [2.75, 3.05) is 0 Å². The molecule has 0 saturated heterocycles. The summed E-state index contributed by atoms with van der Waals surface area (Å²) in [4.78, 5) is 0. The molecule has 1 nitrogen and oxygen atoms in total. The van der Waals surface area contributed by atoms with Gasteiger partial charge in [0, 0.05) is 30.4 Å². The summed E-state index contributed by atoms with van der Waals surface area (Å²) in [6, 6.07) is 9.01. The van der Waals surface area contributed by atoms with Crippen molar-refractivity contribution in [3.8, 4) is 11.1 Å². The van der Waals surface area contributed by atoms with E-state index in [-0.39, 0.29) is 16.2 Å². The molecule has 1 heterocycles. The second-order valence-corrected chi connectivity index (χ2v) is 10.2. The third-order valence-corrected chi connectivity index (χ3v) is 6.16. The van der Waals surface area contributed by atoms with Crippen molar-refractivity contribution in [2.45, 2.75) is 53.4 Å². The molecule has 2 aromatic rings. The van der Waals surface area contributed by atoms with Crippen LogP contribution in [-0.4, -0.2) is 4.57 Å². The van der Waals surface area contributed by atoms with Gasteiger partial charge in [0.2, 0.25) is 0 Å². The number of nitrogens with zero attached hydrogens (tertiary/aromatic N) is 1. The van der Waals surface area contributed by atoms with Crippen LogP contribution in [-0.2, 0) is 12.5 Å². The lowest BCUT2D eigenvalue weighted by molar-refractivity contribution is 0.431. The van der Waals surface area contributed by atoms with E-state index in [1.54, 1.807) is 5.57 Å². The predicted octanol–water partition coefficient (Wildman–Crippen LogP) is 6.64. The van der Waals surface area contributed by atoms with Gasteiger partial charge in [-0.05, 0) is 39.5 Å². The Kier molecular flexibility index (Phi) is 3.51. The Balaban J connectivity index is 2.04. The van der Waals surface area contributed by atoms with Crippen LogP contribution in [0, 0.1) is 10.8 Å². The van der Waals surface area contributed by atoms with E-state index in [0.717, 1.165) is 6.42 Å². The SMILES string of the molecule is Cn1cc2c(c1)[C@@]1(C=C(C(C)(C)C)C=C(C(C)(C)C)C1)c1ccccc1-2. The number of hydrogen-bond acceptors (Lipinski definition) is 0. The number of rotatable bonds is 0. The van der Waals surface area contributed by atoms with Gasteiger partial charge < -0.3 is 4.57 Å². The standard InChI is InChI=1S/C25H31N/c1-23(2,3)17-12-18(24(4,5)6)14-25(13-17)21-11-9-8-10-19(21)20-15-26(7)16-22(20)25/h8-13,15-16H,14H2,1-7H3/t25-/m1/s1. The van der Waals surface area contributed by atoms with E-state index in [0.29, 0.717) is 0 Å². The van der Waals surface area contributed by atoms with E-state index in [1.165, 1.54) is 27.8 Å². The third-order valence-electron chi connectivity index (χ3n) is 6.16. The molecule has 0 unspecified atom stereocenters. The van der Waals surface area contributed by atoms with Crippen molar-refractivity contribution < 1.29 is 0 Å². The zero-order valence-electron chi connectivity index (χ0n) is 17.3. The molecule has 0 amide bonds. The smallest absolute Gasteiger partial charge is 0.0452 e. The van der Waals surface area contributed by atoms with Gasteiger partial charge in [0.1, 0.15) is 0 Å². The van der Waals surface area contributed by atoms with Gasteiger partial charge in [-0.2, -0.15) is 0 Å². The number of allylic oxidation sites excluding steroid dienone is 4. The highest BCUT2D eigenvalue weighted by Gasteiger charge is 2.46. The van der Waals surface area contributed by atoms with Crippen LogP contribution in [0.3, 0.4) is 0 Å². The largest absolute Gasteiger partial charge is 0.356 e. The van der Waals surface area contributed by atoms with Gasteiger partial charge in [-0.25, -0.2) is 0 Å². The van der Waals surface area contributed by atoms with Crippen LogP contribution in [0.4, 0.5) is 0 Å². The van der Waals surface area contributed by atoms with Gasteiger partial charge in [-0.3, -0.25) is 0 Å². The predicted molar refractivity (Wildman–Crippen MR) is 111 cm³/mol. The van der Waals surface area contributed by atoms with E-state index < -0.39 is 0 Å². The number of fused-ring (bicyclic) bond motifs is 5. The van der Waals surface area contributed by atoms with Crippen molar-refractivity contribution in [3.05, 3.63) is 71.1 Å². The number of aryl methyl sites for hydroxylation is 1. The summed E-state index contributed by atoms with van der Waals surface area (Å²) in [6.45, 7) is 14.1. The summed E-state index contributed by atoms with van der Waals surface area (Å²) in [5.41, 5.74) is 9.04. The van der Waals surface area contributed by atoms with Gasteiger partial charge >= 0.3 is 0 Å². The lowest BCUT2D eigenvalue weighted by atomic mass is 9.63. The molecule has 1 atom stereocenters. The van der Waals surface area contributed by atoms with Crippen molar-refractivity contribution >= 4 is 0 Å². The van der Waals surface area contributed by atoms with Crippen LogP contribution in [0.25, 0.3) is 11.1 Å². The van der Waals surface area contributed by atoms with Crippen molar-refractivity contribution in [1.82, 2.24) is 4.57 Å². The van der Waals surface area contributed by atoms with Gasteiger partial charge in [-0.1, -0.05) is 83.5 Å². The average molecular weight is 346 g/mol. The molecule has 26 heavy (non-hydrogen) atoms. The quantitative estimate of drug-likeness (QED) is 0.504. The van der Waals surface area contributed by atoms with Crippen LogP contribution < -0.4 is 0 Å². The van der Waals surface area contributed by atoms with Crippen LogP contribution in [0.2, 0.25) is 0 Å². The summed E-state index contributed by atoms with van der Waals surface area (Å²) < 4.78 is 2.22. The van der Waals surface area contributed by atoms with Crippen LogP contribution in [0.1, 0.15) is 59.1 Å². The van der Waals surface area contributed by atoms with Crippen molar-refractivity contribution in [3.63, 3.8) is 0 Å². The molecule has 4 rings (SSSR count). The molecule has 0 saturated carbocycles. The van der Waals surface area contributed by atoms with Crippen molar-refractivity contribution in [1.29, 1.82) is 0 Å². The Morgan fingerprint density at radius 1 is 0.846 bits per heavy atom. The minimum Gasteiger partial charge on any atom is -0.356 e. The van der Waals surface area contributed by atoms with Gasteiger partial charge in [0.15, 0.2) is 0 Å². The molecule has 2 aliphatic rings. The average Bonchev–Trinajstić information content (AvgIpc) is 3.03. The number of hydrogen-bond donors (Lipinski definition) is 0. The molecule has 1 heteroatoms. The Morgan fingerprint density at radius 2 is 1.54 bits per heavy atom. The molecular weight excluding hydrogens is 314 g/mol. The summed E-state index contributed by atoms with van der Waals surface area (Å²) >= 11 is 0. The minimum absolute atomic E-state index is 0.0346. The van der Waals surface area contributed by atoms with Crippen molar-refractivity contribution in [2.24, 2.45) is 17.9 Å². The lowest BCUT2D eigenvalue weighted by Crippen LogP contribution is -2.31. The molecule has 1 aromatic heterocycles. The highest BCUT2D eigenvalue weighted by Crippen LogP contribution is 2.57. The van der Waals surface area contributed by atoms with Gasteiger partial charge in [0.25, 0.3) is 0 Å². The number of aromatic nitrogens is 1. The van der Waals surface area contributed by atoms with E-state index in [2.05, 4.69) is 102 Å². The fourth-order valence-electron chi connectivity index (χ4n) is 4.56. The minimum atomic E-state index is -0.0346. The summed E-state index contributed by atoms with van der Waals surface area (Å²) in [6.07, 6.45) is 10.8. The normalized spacial score (nSPS) is 22.1. The Hall–Kier alpha value is -2.02. The molecule has 0 radical (unpaired) electrons.